The van der Waals surface area contributed by atoms with Crippen LogP contribution in [0.1, 0.15) is 0 Å². The van der Waals surface area contributed by atoms with Crippen LogP contribution in [0.5, 0.6) is 0 Å². The van der Waals surface area contributed by atoms with Gasteiger partial charge in [-0.15, -0.1) is 0 Å². The van der Waals surface area contributed by atoms with Crippen molar-refractivity contribution < 1.29 is 0 Å². The molecule has 4 nitrogen and oxygen atoms in total. The maximum Gasteiger partial charge on any atom is 0.0571 e. The standard InChI is InChI=1S/C47H30N4/c1-2-10-33(11-3-1)50-41-16-8-5-13-37(41)46-44(50)26-27-45-47(46)38-14-6-9-17-42(38)51(45)35-24-20-32(21-25-35)31-18-22-34(23-19-31)49-40-15-7-4-12-36(40)39-30-48-29-28-43(39)49/h1-30H. The van der Waals surface area contributed by atoms with E-state index in [0.29, 0.717) is 0 Å². The second-order valence-corrected chi connectivity index (χ2v) is 13.2. The Bertz CT molecular complexity index is 3050. The van der Waals surface area contributed by atoms with Gasteiger partial charge in [-0.1, -0.05) is 97.1 Å². The van der Waals surface area contributed by atoms with Crippen molar-refractivity contribution in [2.75, 3.05) is 0 Å². The third-order valence-electron chi connectivity index (χ3n) is 10.5. The molecule has 0 aliphatic rings. The maximum atomic E-state index is 4.40. The van der Waals surface area contributed by atoms with Gasteiger partial charge in [0.25, 0.3) is 0 Å². The van der Waals surface area contributed by atoms with Gasteiger partial charge in [-0.25, -0.2) is 0 Å². The van der Waals surface area contributed by atoms with E-state index in [0.717, 1.165) is 16.9 Å². The summed E-state index contributed by atoms with van der Waals surface area (Å²) >= 11 is 0. The van der Waals surface area contributed by atoms with E-state index in [9.17, 15) is 0 Å². The lowest BCUT2D eigenvalue weighted by Gasteiger charge is -2.11. The minimum Gasteiger partial charge on any atom is -0.309 e. The van der Waals surface area contributed by atoms with Gasteiger partial charge in [-0.05, 0) is 83.9 Å². The molecule has 0 saturated heterocycles. The van der Waals surface area contributed by atoms with E-state index in [2.05, 4.69) is 189 Å². The molecule has 0 aliphatic carbocycles. The number of aromatic nitrogens is 4. The Kier molecular flexibility index (Phi) is 5.92. The van der Waals surface area contributed by atoms with Crippen LogP contribution in [-0.4, -0.2) is 18.7 Å². The third kappa shape index (κ3) is 4.05. The number of nitrogens with zero attached hydrogens (tertiary/aromatic N) is 4. The Morgan fingerprint density at radius 2 is 0.706 bits per heavy atom. The second kappa shape index (κ2) is 10.8. The Balaban J connectivity index is 1.04. The number of hydrogen-bond acceptors (Lipinski definition) is 1. The Labute approximate surface area is 293 Å². The van der Waals surface area contributed by atoms with Gasteiger partial charge in [-0.3, -0.25) is 4.98 Å². The largest absolute Gasteiger partial charge is 0.309 e. The van der Waals surface area contributed by atoms with Crippen molar-refractivity contribution in [1.29, 1.82) is 0 Å². The molecule has 11 rings (SSSR count). The summed E-state index contributed by atoms with van der Waals surface area (Å²) in [6.07, 6.45) is 3.84. The van der Waals surface area contributed by atoms with Crippen molar-refractivity contribution in [3.63, 3.8) is 0 Å². The molecule has 4 heterocycles. The fourth-order valence-electron chi connectivity index (χ4n) is 8.35. The van der Waals surface area contributed by atoms with Crippen LogP contribution in [0.3, 0.4) is 0 Å². The fraction of sp³-hybridized carbons (Fsp3) is 0. The first-order valence-corrected chi connectivity index (χ1v) is 17.4. The predicted molar refractivity (Wildman–Crippen MR) is 213 cm³/mol. The van der Waals surface area contributed by atoms with E-state index in [1.165, 1.54) is 76.7 Å². The van der Waals surface area contributed by atoms with Crippen LogP contribution in [0, 0.1) is 0 Å². The molecule has 0 N–H and O–H groups in total. The molecular weight excluding hydrogens is 621 g/mol. The quantitative estimate of drug-likeness (QED) is 0.186. The van der Waals surface area contributed by atoms with Crippen molar-refractivity contribution in [2.45, 2.75) is 0 Å². The highest BCUT2D eigenvalue weighted by atomic mass is 15.0. The smallest absolute Gasteiger partial charge is 0.0571 e. The number of benzene rings is 7. The molecule has 0 amide bonds. The van der Waals surface area contributed by atoms with E-state index in [4.69, 9.17) is 0 Å². The van der Waals surface area contributed by atoms with Crippen molar-refractivity contribution in [3.8, 4) is 28.2 Å². The van der Waals surface area contributed by atoms with Crippen molar-refractivity contribution >= 4 is 65.4 Å². The lowest BCUT2D eigenvalue weighted by molar-refractivity contribution is 1.17. The molecular formula is C47H30N4. The fourth-order valence-corrected chi connectivity index (χ4v) is 8.35. The van der Waals surface area contributed by atoms with Gasteiger partial charge in [0, 0.05) is 61.8 Å². The molecule has 0 spiro atoms. The SMILES string of the molecule is c1ccc(-n2c3ccccc3c3c4c5ccccc5n(-c5ccc(-c6ccc(-n7c8ccccc8c8cnccc87)cc6)cc5)c4ccc32)cc1. The lowest BCUT2D eigenvalue weighted by atomic mass is 10.0. The first-order chi connectivity index (χ1) is 25.3. The average molecular weight is 651 g/mol. The zero-order chi connectivity index (χ0) is 33.5. The molecule has 0 bridgehead atoms. The number of pyridine rings is 1. The lowest BCUT2D eigenvalue weighted by Crippen LogP contribution is -1.95. The summed E-state index contributed by atoms with van der Waals surface area (Å²) in [6, 6.07) is 61.4. The molecule has 7 aromatic carbocycles. The normalized spacial score (nSPS) is 11.9. The van der Waals surface area contributed by atoms with Crippen LogP contribution in [0.4, 0.5) is 0 Å². The van der Waals surface area contributed by atoms with Crippen LogP contribution in [0.15, 0.2) is 182 Å². The van der Waals surface area contributed by atoms with Gasteiger partial charge in [0.15, 0.2) is 0 Å². The van der Waals surface area contributed by atoms with Crippen molar-refractivity contribution in [3.05, 3.63) is 182 Å². The molecule has 0 saturated carbocycles. The minimum absolute atomic E-state index is 1.14. The van der Waals surface area contributed by atoms with E-state index in [-0.39, 0.29) is 0 Å². The summed E-state index contributed by atoms with van der Waals surface area (Å²) in [7, 11) is 0. The summed E-state index contributed by atoms with van der Waals surface area (Å²) < 4.78 is 7.15. The molecule has 0 fully saturated rings. The molecule has 238 valence electrons. The van der Waals surface area contributed by atoms with Gasteiger partial charge in [0.05, 0.1) is 33.1 Å². The van der Waals surface area contributed by atoms with Gasteiger partial charge in [0.1, 0.15) is 0 Å². The van der Waals surface area contributed by atoms with E-state index in [1.54, 1.807) is 0 Å². The molecule has 0 unspecified atom stereocenters. The van der Waals surface area contributed by atoms with Crippen molar-refractivity contribution in [2.24, 2.45) is 0 Å². The number of fused-ring (bicyclic) bond motifs is 10. The summed E-state index contributed by atoms with van der Waals surface area (Å²) in [5.41, 5.74) is 13.0. The summed E-state index contributed by atoms with van der Waals surface area (Å²) in [5.74, 6) is 0. The average Bonchev–Trinajstić information content (AvgIpc) is 3.84. The van der Waals surface area contributed by atoms with Gasteiger partial charge in [-0.2, -0.15) is 0 Å². The third-order valence-corrected chi connectivity index (χ3v) is 10.5. The predicted octanol–water partition coefficient (Wildman–Crippen LogP) is 12.0. The maximum absolute atomic E-state index is 4.40. The van der Waals surface area contributed by atoms with Crippen LogP contribution in [0.25, 0.3) is 93.6 Å². The molecule has 51 heavy (non-hydrogen) atoms. The van der Waals surface area contributed by atoms with Crippen molar-refractivity contribution in [1.82, 2.24) is 18.7 Å². The number of rotatable bonds is 4. The van der Waals surface area contributed by atoms with E-state index < -0.39 is 0 Å². The molecule has 0 aliphatic heterocycles. The first kappa shape index (κ1) is 28.0. The van der Waals surface area contributed by atoms with E-state index in [1.807, 2.05) is 12.4 Å². The van der Waals surface area contributed by atoms with E-state index >= 15 is 0 Å². The molecule has 4 aromatic heterocycles. The number of para-hydroxylation sites is 4. The Morgan fingerprint density at radius 1 is 0.294 bits per heavy atom. The topological polar surface area (TPSA) is 27.7 Å². The van der Waals surface area contributed by atoms with Crippen LogP contribution in [-0.2, 0) is 0 Å². The first-order valence-electron chi connectivity index (χ1n) is 17.4. The summed E-state index contributed by atoms with van der Waals surface area (Å²) in [5, 5.41) is 7.48. The summed E-state index contributed by atoms with van der Waals surface area (Å²) in [6.45, 7) is 0. The van der Waals surface area contributed by atoms with Gasteiger partial charge in [0.2, 0.25) is 0 Å². The highest BCUT2D eigenvalue weighted by Crippen LogP contribution is 2.42. The van der Waals surface area contributed by atoms with Crippen LogP contribution in [0.2, 0.25) is 0 Å². The monoisotopic (exact) mass is 650 g/mol. The zero-order valence-electron chi connectivity index (χ0n) is 27.6. The second-order valence-electron chi connectivity index (χ2n) is 13.2. The number of hydrogen-bond donors (Lipinski definition) is 0. The van der Waals surface area contributed by atoms with Gasteiger partial charge < -0.3 is 13.7 Å². The minimum atomic E-state index is 1.14. The van der Waals surface area contributed by atoms with Gasteiger partial charge >= 0.3 is 0 Å². The van der Waals surface area contributed by atoms with Crippen LogP contribution < -0.4 is 0 Å². The zero-order valence-corrected chi connectivity index (χ0v) is 27.6. The molecule has 0 radical (unpaired) electrons. The highest BCUT2D eigenvalue weighted by molar-refractivity contribution is 6.28. The summed E-state index contributed by atoms with van der Waals surface area (Å²) in [4.78, 5) is 4.40. The Morgan fingerprint density at radius 3 is 1.25 bits per heavy atom. The molecule has 0 atom stereocenters. The Hall–Kier alpha value is -6.91. The highest BCUT2D eigenvalue weighted by Gasteiger charge is 2.20. The molecule has 11 aromatic rings. The van der Waals surface area contributed by atoms with Crippen LogP contribution >= 0.6 is 0 Å². The molecule has 4 heteroatoms.